The Hall–Kier alpha value is -0.772. The molecule has 0 aliphatic carbocycles. The van der Waals surface area contributed by atoms with Crippen molar-refractivity contribution in [1.82, 2.24) is 9.13 Å². The topological polar surface area (TPSA) is 115 Å². The zero-order valence-corrected chi connectivity index (χ0v) is 28.9. The molecule has 4 rings (SSSR count). The van der Waals surface area contributed by atoms with Crippen LogP contribution in [0.1, 0.15) is 34.6 Å². The zero-order chi connectivity index (χ0) is 27.0. The van der Waals surface area contributed by atoms with Gasteiger partial charge >= 0.3 is 5.97 Å². The molecule has 0 bridgehead atoms. The third kappa shape index (κ3) is 9.70. The summed E-state index contributed by atoms with van der Waals surface area (Å²) in [5, 5.41) is 9.11. The number of aromatic carboxylic acids is 1. The Morgan fingerprint density at radius 2 is 1.24 bits per heavy atom. The number of pyridine rings is 2. The van der Waals surface area contributed by atoms with Crippen LogP contribution in [0.25, 0.3) is 21.8 Å². The molecular formula is C24H19Cl3N2O6SY2-2. The average molecular weight is 748 g/mol. The van der Waals surface area contributed by atoms with Gasteiger partial charge in [0.2, 0.25) is 9.23 Å². The Kier molecular flexibility index (Phi) is 17.5. The molecule has 0 spiro atoms. The Morgan fingerprint density at radius 1 is 0.868 bits per heavy atom. The van der Waals surface area contributed by atoms with E-state index in [1.165, 1.54) is 12.4 Å². The minimum atomic E-state index is -1.67. The first-order valence-corrected chi connectivity index (χ1v) is 13.4. The molecule has 0 fully saturated rings. The first kappa shape index (κ1) is 37.2. The maximum absolute atomic E-state index is 11.9. The standard InChI is InChI=1S/C12H9ClNO2.C12H10NO3.Cl2OS.2Y/c1-2-14-7-9(12(13)16)11(15)8-5-3-4-6-10(8)14;1-2-13-7-9(12(15)16)11(14)8-5-3-4-6-10(8)13;1-4(2)3;;/h3,5-7H,2H2,1H3;3,5-7H,2H2,1H3,(H,15,16);;;/q2*-1;;;. The van der Waals surface area contributed by atoms with E-state index in [1.54, 1.807) is 41.0 Å². The quantitative estimate of drug-likeness (QED) is 0.238. The summed E-state index contributed by atoms with van der Waals surface area (Å²) in [5.41, 5.74) is 0.523. The largest absolute Gasteiger partial charge is 0.477 e. The molecule has 0 aliphatic rings. The van der Waals surface area contributed by atoms with Crippen LogP contribution in [0.2, 0.25) is 0 Å². The van der Waals surface area contributed by atoms with Gasteiger partial charge in [0.1, 0.15) is 5.56 Å². The van der Waals surface area contributed by atoms with Gasteiger partial charge in [0.05, 0.1) is 5.56 Å². The van der Waals surface area contributed by atoms with E-state index in [0.29, 0.717) is 29.4 Å². The number of fused-ring (bicyclic) bond motifs is 2. The van der Waals surface area contributed by atoms with E-state index < -0.39 is 25.9 Å². The summed E-state index contributed by atoms with van der Waals surface area (Å²) in [6, 6.07) is 15.7. The van der Waals surface area contributed by atoms with Gasteiger partial charge in [-0.15, -0.1) is 0 Å². The molecule has 1 N–H and O–H groups in total. The summed E-state index contributed by atoms with van der Waals surface area (Å²) < 4.78 is 12.6. The van der Waals surface area contributed by atoms with Gasteiger partial charge in [-0.25, -0.2) is 9.00 Å². The number of carboxylic acid groups (broad SMARTS) is 1. The number of halogens is 3. The molecule has 2 aromatic heterocycles. The fraction of sp³-hybridized carbons (Fsp3) is 0.167. The normalized spacial score (nSPS) is 9.84. The number of carbonyl (C=O) groups excluding carboxylic acids is 1. The molecule has 0 atom stereocenters. The molecule has 0 unspecified atom stereocenters. The summed E-state index contributed by atoms with van der Waals surface area (Å²) in [5.74, 6) is -1.19. The van der Waals surface area contributed by atoms with Crippen LogP contribution in [0.5, 0.6) is 0 Å². The molecule has 38 heavy (non-hydrogen) atoms. The van der Waals surface area contributed by atoms with E-state index in [1.807, 2.05) is 18.4 Å². The van der Waals surface area contributed by atoms with Gasteiger partial charge in [0.25, 0.3) is 5.24 Å². The summed E-state index contributed by atoms with van der Waals surface area (Å²) >= 11 is 5.38. The van der Waals surface area contributed by atoms with Gasteiger partial charge in [-0.05, 0) is 25.4 Å². The second-order valence-corrected chi connectivity index (χ2v) is 9.83. The van der Waals surface area contributed by atoms with Crippen molar-refractivity contribution in [3.63, 3.8) is 0 Å². The van der Waals surface area contributed by atoms with Crippen LogP contribution in [-0.4, -0.2) is 29.7 Å². The Morgan fingerprint density at radius 3 is 1.58 bits per heavy atom. The molecule has 0 aliphatic heterocycles. The number of hydrogen-bond donors (Lipinski definition) is 1. The van der Waals surface area contributed by atoms with Crippen molar-refractivity contribution in [2.75, 3.05) is 0 Å². The first-order valence-electron chi connectivity index (χ1n) is 10.3. The van der Waals surface area contributed by atoms with E-state index in [4.69, 9.17) is 20.9 Å². The van der Waals surface area contributed by atoms with Crippen molar-refractivity contribution in [3.05, 3.63) is 92.5 Å². The Labute approximate surface area is 284 Å². The van der Waals surface area contributed by atoms with Crippen molar-refractivity contribution >= 4 is 75.2 Å². The summed E-state index contributed by atoms with van der Waals surface area (Å²) in [6.45, 7) is 5.09. The van der Waals surface area contributed by atoms with Crippen LogP contribution in [0.15, 0.2) is 58.4 Å². The molecular weight excluding hydrogens is 729 g/mol. The molecule has 4 aromatic rings. The van der Waals surface area contributed by atoms with Gasteiger partial charge in [0, 0.05) is 112 Å². The molecule has 0 saturated carbocycles. The third-order valence-corrected chi connectivity index (χ3v) is 5.18. The maximum atomic E-state index is 11.9. The minimum absolute atomic E-state index is 0. The van der Waals surface area contributed by atoms with E-state index in [9.17, 15) is 19.2 Å². The number of rotatable bonds is 4. The van der Waals surface area contributed by atoms with Crippen molar-refractivity contribution in [2.24, 2.45) is 0 Å². The first-order chi connectivity index (χ1) is 17.0. The van der Waals surface area contributed by atoms with Gasteiger partial charge in [-0.3, -0.25) is 14.4 Å². The predicted molar refractivity (Wildman–Crippen MR) is 142 cm³/mol. The second kappa shape index (κ2) is 17.8. The molecule has 196 valence electrons. The van der Waals surface area contributed by atoms with Crippen LogP contribution in [0.4, 0.5) is 0 Å². The average Bonchev–Trinajstić information content (AvgIpc) is 2.84. The fourth-order valence-corrected chi connectivity index (χ4v) is 3.51. The van der Waals surface area contributed by atoms with Crippen LogP contribution < -0.4 is 10.9 Å². The molecule has 2 heterocycles. The van der Waals surface area contributed by atoms with Gasteiger partial charge < -0.3 is 14.2 Å². The monoisotopic (exact) mass is 746 g/mol. The smallest absolute Gasteiger partial charge is 0.341 e. The molecule has 0 amide bonds. The summed E-state index contributed by atoms with van der Waals surface area (Å²) in [4.78, 5) is 45.8. The Bertz CT molecular complexity index is 1460. The number of aryl methyl sites for hydroxylation is 2. The van der Waals surface area contributed by atoms with Crippen molar-refractivity contribution in [1.29, 1.82) is 0 Å². The zero-order valence-electron chi connectivity index (χ0n) is 20.1. The van der Waals surface area contributed by atoms with Crippen molar-refractivity contribution in [2.45, 2.75) is 26.9 Å². The van der Waals surface area contributed by atoms with Crippen LogP contribution in [0, 0.1) is 12.1 Å². The Balaban J connectivity index is 0.000000604. The van der Waals surface area contributed by atoms with E-state index in [0.717, 1.165) is 5.52 Å². The number of hydrogen-bond acceptors (Lipinski definition) is 5. The maximum Gasteiger partial charge on any atom is 0.341 e. The number of benzene rings is 2. The molecule has 2 radical (unpaired) electrons. The molecule has 14 heteroatoms. The van der Waals surface area contributed by atoms with Crippen LogP contribution in [-0.2, 0) is 87.7 Å². The van der Waals surface area contributed by atoms with Crippen molar-refractivity contribution < 1.29 is 84.3 Å². The van der Waals surface area contributed by atoms with Crippen LogP contribution >= 0.6 is 33.0 Å². The molecule has 2 aromatic carbocycles. The summed E-state index contributed by atoms with van der Waals surface area (Å²) in [6.07, 6.45) is 2.87. The van der Waals surface area contributed by atoms with E-state index >= 15 is 0 Å². The van der Waals surface area contributed by atoms with E-state index in [-0.39, 0.29) is 82.0 Å². The predicted octanol–water partition coefficient (Wildman–Crippen LogP) is 4.76. The molecule has 0 saturated heterocycles. The number of carbonyl (C=O) groups is 2. The van der Waals surface area contributed by atoms with Gasteiger partial charge in [-0.2, -0.15) is 48.5 Å². The third-order valence-electron chi connectivity index (χ3n) is 4.98. The number of nitrogens with zero attached hydrogens (tertiary/aromatic N) is 2. The number of carboxylic acids is 1. The van der Waals surface area contributed by atoms with Gasteiger partial charge in [0.15, 0.2) is 10.9 Å². The fourth-order valence-electron chi connectivity index (χ4n) is 3.38. The molecule has 8 nitrogen and oxygen atoms in total. The number of aromatic nitrogens is 2. The minimum Gasteiger partial charge on any atom is -0.477 e. The van der Waals surface area contributed by atoms with Crippen LogP contribution in [0.3, 0.4) is 0 Å². The van der Waals surface area contributed by atoms with Crippen molar-refractivity contribution in [3.8, 4) is 0 Å². The van der Waals surface area contributed by atoms with Gasteiger partial charge in [-0.1, -0.05) is 21.8 Å². The van der Waals surface area contributed by atoms with E-state index in [2.05, 4.69) is 33.5 Å². The summed E-state index contributed by atoms with van der Waals surface area (Å²) in [7, 11) is 7.36. The SMILES string of the molecule is CCn1cc(C(=O)Cl)c(=O)c2cc[c-]cc21.CCn1cc(C(=O)O)c(=O)c2cc[c-]cc21.O=S(Cl)Cl.[Y].[Y]. The second-order valence-electron chi connectivity index (χ2n) is 6.97.